The average Bonchev–Trinajstić information content (AvgIpc) is 3.34. The summed E-state index contributed by atoms with van der Waals surface area (Å²) in [7, 11) is 0. The van der Waals surface area contributed by atoms with E-state index in [2.05, 4.69) is 20.0 Å². The van der Waals surface area contributed by atoms with Crippen molar-refractivity contribution < 1.29 is 9.18 Å². The zero-order valence-electron chi connectivity index (χ0n) is 16.8. The van der Waals surface area contributed by atoms with Crippen LogP contribution in [0.3, 0.4) is 0 Å². The lowest BCUT2D eigenvalue weighted by atomic mass is 10.1. The van der Waals surface area contributed by atoms with Gasteiger partial charge in [-0.05, 0) is 37.1 Å². The summed E-state index contributed by atoms with van der Waals surface area (Å²) in [5, 5.41) is 10.7. The summed E-state index contributed by atoms with van der Waals surface area (Å²) < 4.78 is 13.2. The topological polar surface area (TPSA) is 52.6 Å². The second-order valence-corrected chi connectivity index (χ2v) is 7.87. The molecule has 0 radical (unpaired) electrons. The summed E-state index contributed by atoms with van der Waals surface area (Å²) in [5.74, 6) is 0.578. The molecular formula is C23H24FN5O. The molecule has 0 N–H and O–H groups in total. The van der Waals surface area contributed by atoms with Gasteiger partial charge in [0.05, 0.1) is 0 Å². The summed E-state index contributed by atoms with van der Waals surface area (Å²) >= 11 is 0. The fraction of sp³-hybridized carbons (Fsp3) is 0.348. The van der Waals surface area contributed by atoms with E-state index in [4.69, 9.17) is 0 Å². The Bertz CT molecular complexity index is 1060. The quantitative estimate of drug-likeness (QED) is 0.669. The number of amides is 1. The van der Waals surface area contributed by atoms with E-state index in [0.717, 1.165) is 74.4 Å². The van der Waals surface area contributed by atoms with Gasteiger partial charge in [0.15, 0.2) is 11.5 Å². The lowest BCUT2D eigenvalue weighted by Crippen LogP contribution is -2.47. The number of piperazine rings is 1. The van der Waals surface area contributed by atoms with Crippen molar-refractivity contribution in [2.24, 2.45) is 0 Å². The first kappa shape index (κ1) is 18.8. The smallest absolute Gasteiger partial charge is 0.275 e. The number of carbonyl (C=O) groups excluding carboxylic acids is 1. The first-order chi connectivity index (χ1) is 14.7. The molecule has 0 atom stereocenters. The molecule has 0 bridgehead atoms. The Morgan fingerprint density at radius 1 is 0.767 bits per heavy atom. The Morgan fingerprint density at radius 3 is 2.10 bits per heavy atom. The highest BCUT2D eigenvalue weighted by atomic mass is 19.1. The number of carbonyl (C=O) groups is 1. The lowest BCUT2D eigenvalue weighted by Gasteiger charge is -2.37. The molecule has 2 aliphatic heterocycles. The van der Waals surface area contributed by atoms with Crippen LogP contribution < -0.4 is 9.80 Å². The molecule has 3 aromatic rings. The van der Waals surface area contributed by atoms with Crippen LogP contribution in [0.15, 0.2) is 48.5 Å². The SMILES string of the molecule is O=C(c1nnc(N2CCN(c3ccc(F)cc3)CC2)c2ccccc12)N1CCCC1. The molecule has 0 spiro atoms. The van der Waals surface area contributed by atoms with Crippen LogP contribution in [-0.4, -0.2) is 60.3 Å². The number of hydrogen-bond donors (Lipinski definition) is 0. The molecule has 2 aromatic carbocycles. The predicted octanol–water partition coefficient (Wildman–Crippen LogP) is 3.33. The van der Waals surface area contributed by atoms with Crippen LogP contribution in [-0.2, 0) is 0 Å². The molecule has 2 saturated heterocycles. The van der Waals surface area contributed by atoms with Crippen molar-refractivity contribution in [3.8, 4) is 0 Å². The van der Waals surface area contributed by atoms with Gasteiger partial charge >= 0.3 is 0 Å². The van der Waals surface area contributed by atoms with Crippen molar-refractivity contribution in [2.75, 3.05) is 49.1 Å². The fourth-order valence-electron chi connectivity index (χ4n) is 4.38. The van der Waals surface area contributed by atoms with Crippen molar-refractivity contribution in [1.29, 1.82) is 0 Å². The number of aromatic nitrogens is 2. The van der Waals surface area contributed by atoms with E-state index in [1.165, 1.54) is 12.1 Å². The molecule has 2 fully saturated rings. The van der Waals surface area contributed by atoms with Gasteiger partial charge in [-0.1, -0.05) is 24.3 Å². The van der Waals surface area contributed by atoms with Crippen molar-refractivity contribution in [3.63, 3.8) is 0 Å². The van der Waals surface area contributed by atoms with E-state index in [0.29, 0.717) is 5.69 Å². The Labute approximate surface area is 174 Å². The zero-order valence-corrected chi connectivity index (χ0v) is 16.8. The highest BCUT2D eigenvalue weighted by Gasteiger charge is 2.26. The second kappa shape index (κ2) is 7.89. The van der Waals surface area contributed by atoms with Gasteiger partial charge in [-0.2, -0.15) is 0 Å². The maximum absolute atomic E-state index is 13.2. The van der Waals surface area contributed by atoms with Crippen LogP contribution in [0.4, 0.5) is 15.9 Å². The highest BCUT2D eigenvalue weighted by Crippen LogP contribution is 2.28. The van der Waals surface area contributed by atoms with E-state index < -0.39 is 0 Å². The summed E-state index contributed by atoms with van der Waals surface area (Å²) in [4.78, 5) is 19.3. The second-order valence-electron chi connectivity index (χ2n) is 7.87. The first-order valence-corrected chi connectivity index (χ1v) is 10.5. The van der Waals surface area contributed by atoms with E-state index in [1.54, 1.807) is 0 Å². The number of rotatable bonds is 3. The van der Waals surface area contributed by atoms with Gasteiger partial charge in [-0.3, -0.25) is 4.79 Å². The summed E-state index contributed by atoms with van der Waals surface area (Å²) in [6.45, 7) is 4.79. The van der Waals surface area contributed by atoms with Gasteiger partial charge < -0.3 is 14.7 Å². The Hall–Kier alpha value is -3.22. The van der Waals surface area contributed by atoms with Crippen molar-refractivity contribution >= 4 is 28.2 Å². The minimum atomic E-state index is -0.220. The molecule has 2 aliphatic rings. The number of likely N-dealkylation sites (tertiary alicyclic amines) is 1. The zero-order chi connectivity index (χ0) is 20.5. The largest absolute Gasteiger partial charge is 0.368 e. The average molecular weight is 405 g/mol. The van der Waals surface area contributed by atoms with Gasteiger partial charge in [-0.15, -0.1) is 10.2 Å². The van der Waals surface area contributed by atoms with Crippen LogP contribution in [0.1, 0.15) is 23.3 Å². The summed E-state index contributed by atoms with van der Waals surface area (Å²) in [5.41, 5.74) is 1.47. The molecular weight excluding hydrogens is 381 g/mol. The standard InChI is InChI=1S/C23H24FN5O/c24-17-7-9-18(10-8-17)27-13-15-28(16-14-27)22-20-6-2-1-5-19(20)21(25-26-22)23(30)29-11-3-4-12-29/h1-2,5-10H,3-4,11-16H2. The predicted molar refractivity (Wildman–Crippen MR) is 116 cm³/mol. The maximum atomic E-state index is 13.2. The Kier molecular flexibility index (Phi) is 4.94. The van der Waals surface area contributed by atoms with Crippen LogP contribution in [0, 0.1) is 5.82 Å². The molecule has 1 amide bonds. The van der Waals surface area contributed by atoms with Crippen molar-refractivity contribution in [1.82, 2.24) is 15.1 Å². The highest BCUT2D eigenvalue weighted by molar-refractivity contribution is 6.07. The monoisotopic (exact) mass is 405 g/mol. The minimum Gasteiger partial charge on any atom is -0.368 e. The van der Waals surface area contributed by atoms with Gasteiger partial charge in [0.1, 0.15) is 5.82 Å². The Balaban J connectivity index is 1.39. The van der Waals surface area contributed by atoms with Crippen LogP contribution >= 0.6 is 0 Å². The molecule has 0 saturated carbocycles. The molecule has 0 unspecified atom stereocenters. The number of halogens is 1. The third-order valence-corrected chi connectivity index (χ3v) is 6.03. The molecule has 154 valence electrons. The third-order valence-electron chi connectivity index (χ3n) is 6.03. The Morgan fingerprint density at radius 2 is 1.40 bits per heavy atom. The normalized spacial score (nSPS) is 17.0. The van der Waals surface area contributed by atoms with E-state index in [-0.39, 0.29) is 11.7 Å². The minimum absolute atomic E-state index is 0.0242. The number of hydrogen-bond acceptors (Lipinski definition) is 5. The van der Waals surface area contributed by atoms with Gasteiger partial charge in [-0.25, -0.2) is 4.39 Å². The van der Waals surface area contributed by atoms with E-state index in [9.17, 15) is 9.18 Å². The number of nitrogens with zero attached hydrogens (tertiary/aromatic N) is 5. The van der Waals surface area contributed by atoms with Gasteiger partial charge in [0.2, 0.25) is 0 Å². The molecule has 5 rings (SSSR count). The third kappa shape index (κ3) is 3.44. The first-order valence-electron chi connectivity index (χ1n) is 10.5. The van der Waals surface area contributed by atoms with Crippen LogP contribution in [0.5, 0.6) is 0 Å². The van der Waals surface area contributed by atoms with Crippen molar-refractivity contribution in [3.05, 3.63) is 60.0 Å². The van der Waals surface area contributed by atoms with Gasteiger partial charge in [0, 0.05) is 55.7 Å². The molecule has 3 heterocycles. The number of fused-ring (bicyclic) bond motifs is 1. The molecule has 1 aromatic heterocycles. The van der Waals surface area contributed by atoms with Gasteiger partial charge in [0.25, 0.3) is 5.91 Å². The molecule has 30 heavy (non-hydrogen) atoms. The molecule has 0 aliphatic carbocycles. The summed E-state index contributed by atoms with van der Waals surface area (Å²) in [6, 6.07) is 14.5. The molecule has 7 heteroatoms. The maximum Gasteiger partial charge on any atom is 0.275 e. The van der Waals surface area contributed by atoms with Crippen LogP contribution in [0.2, 0.25) is 0 Å². The summed E-state index contributed by atoms with van der Waals surface area (Å²) in [6.07, 6.45) is 2.10. The molecule has 6 nitrogen and oxygen atoms in total. The van der Waals surface area contributed by atoms with E-state index >= 15 is 0 Å². The lowest BCUT2D eigenvalue weighted by molar-refractivity contribution is 0.0788. The van der Waals surface area contributed by atoms with Crippen molar-refractivity contribution in [2.45, 2.75) is 12.8 Å². The van der Waals surface area contributed by atoms with E-state index in [1.807, 2.05) is 41.3 Å². The van der Waals surface area contributed by atoms with Crippen LogP contribution in [0.25, 0.3) is 10.8 Å². The number of benzene rings is 2. The fourth-order valence-corrected chi connectivity index (χ4v) is 4.38. The number of anilines is 2.